The number of benzene rings is 2. The van der Waals surface area contributed by atoms with Crippen LogP contribution in [0.5, 0.6) is 11.5 Å². The molecule has 2 aromatic carbocycles. The highest BCUT2D eigenvalue weighted by atomic mass is 32.2. The molecule has 0 saturated carbocycles. The van der Waals surface area contributed by atoms with Crippen molar-refractivity contribution in [2.45, 2.75) is 50.5 Å². The molecule has 1 unspecified atom stereocenters. The molecule has 0 aliphatic heterocycles. The van der Waals surface area contributed by atoms with E-state index in [0.29, 0.717) is 11.5 Å². The topological polar surface area (TPSA) is 76.0 Å². The summed E-state index contributed by atoms with van der Waals surface area (Å²) in [4.78, 5) is 14.2. The Morgan fingerprint density at radius 1 is 1.00 bits per heavy atom. The van der Waals surface area contributed by atoms with Crippen LogP contribution in [0.1, 0.15) is 31.9 Å². The molecule has 2 N–H and O–H groups in total. The Kier molecular flexibility index (Phi) is 8.14. The van der Waals surface area contributed by atoms with Gasteiger partial charge in [-0.05, 0) is 61.4 Å². The molecule has 29 heavy (non-hydrogen) atoms. The Morgan fingerprint density at radius 3 is 1.97 bits per heavy atom. The molecule has 0 spiro atoms. The molecule has 0 amide bonds. The third-order valence-corrected chi connectivity index (χ3v) is 5.35. The summed E-state index contributed by atoms with van der Waals surface area (Å²) in [6.07, 6.45) is -0.883. The number of aliphatic hydroxyl groups excluding tert-OH is 2. The van der Waals surface area contributed by atoms with Crippen LogP contribution in [0.3, 0.4) is 0 Å². The Morgan fingerprint density at radius 2 is 1.52 bits per heavy atom. The highest BCUT2D eigenvalue weighted by Gasteiger charge is 2.21. The van der Waals surface area contributed by atoms with E-state index >= 15 is 0 Å². The number of rotatable bonds is 9. The van der Waals surface area contributed by atoms with Crippen molar-refractivity contribution in [1.29, 1.82) is 0 Å². The number of ketones is 1. The lowest BCUT2D eigenvalue weighted by atomic mass is 9.91. The smallest absolute Gasteiger partial charge is 0.175 e. The van der Waals surface area contributed by atoms with E-state index in [9.17, 15) is 9.90 Å². The molecule has 0 aromatic heterocycles. The van der Waals surface area contributed by atoms with E-state index in [1.807, 2.05) is 71.0 Å². The number of aliphatic hydroxyl groups is 2. The molecule has 2 rings (SSSR count). The number of carbonyl (C=O) groups excluding carboxylic acids is 1. The summed E-state index contributed by atoms with van der Waals surface area (Å²) in [5.41, 5.74) is 1.53. The molecule has 5 nitrogen and oxygen atoms in total. The molecule has 0 aliphatic rings. The lowest BCUT2D eigenvalue weighted by molar-refractivity contribution is -0.128. The Labute approximate surface area is 177 Å². The zero-order valence-electron chi connectivity index (χ0n) is 17.7. The third kappa shape index (κ3) is 7.07. The van der Waals surface area contributed by atoms with Crippen molar-refractivity contribution in [3.05, 3.63) is 47.5 Å². The standard InChI is InChI=1S/C23H30O5S/c1-15-10-18(6-8-20(15)27-13-17(25)12-24)29-19-7-9-21(16(2)11-19)28-14-22(26)23(3,4)5/h6-11,17,24-25H,12-14H2,1-5H3. The monoisotopic (exact) mass is 418 g/mol. The zero-order valence-corrected chi connectivity index (χ0v) is 18.5. The molecular weight excluding hydrogens is 388 g/mol. The molecule has 0 radical (unpaired) electrons. The van der Waals surface area contributed by atoms with E-state index in [0.717, 1.165) is 20.9 Å². The van der Waals surface area contributed by atoms with E-state index in [1.165, 1.54) is 0 Å². The normalized spacial score (nSPS) is 12.5. The predicted molar refractivity (Wildman–Crippen MR) is 115 cm³/mol. The van der Waals surface area contributed by atoms with Gasteiger partial charge in [0.25, 0.3) is 0 Å². The van der Waals surface area contributed by atoms with E-state index in [4.69, 9.17) is 14.6 Å². The number of Topliss-reactive ketones (excluding diaryl/α,β-unsaturated/α-hetero) is 1. The molecule has 6 heteroatoms. The molecule has 0 heterocycles. The first-order valence-corrected chi connectivity index (χ1v) is 10.4. The van der Waals surface area contributed by atoms with E-state index in [-0.39, 0.29) is 25.6 Å². The van der Waals surface area contributed by atoms with Crippen molar-refractivity contribution < 1.29 is 24.5 Å². The van der Waals surface area contributed by atoms with Crippen molar-refractivity contribution in [3.8, 4) is 11.5 Å². The maximum absolute atomic E-state index is 12.1. The number of ether oxygens (including phenoxy) is 2. The van der Waals surface area contributed by atoms with Crippen molar-refractivity contribution in [1.82, 2.24) is 0 Å². The minimum atomic E-state index is -0.883. The van der Waals surface area contributed by atoms with Crippen molar-refractivity contribution >= 4 is 17.5 Å². The molecule has 0 bridgehead atoms. The molecular formula is C23H30O5S. The van der Waals surface area contributed by atoms with Crippen LogP contribution in [0.25, 0.3) is 0 Å². The van der Waals surface area contributed by atoms with Crippen LogP contribution in [0.15, 0.2) is 46.2 Å². The largest absolute Gasteiger partial charge is 0.491 e. The molecule has 0 fully saturated rings. The Bertz CT molecular complexity index is 842. The average Bonchev–Trinajstić information content (AvgIpc) is 2.65. The molecule has 2 aromatic rings. The van der Waals surface area contributed by atoms with Crippen LogP contribution < -0.4 is 9.47 Å². The maximum atomic E-state index is 12.1. The summed E-state index contributed by atoms with van der Waals surface area (Å²) >= 11 is 1.62. The first-order chi connectivity index (χ1) is 13.6. The van der Waals surface area contributed by atoms with Gasteiger partial charge in [0, 0.05) is 15.2 Å². The third-order valence-electron chi connectivity index (χ3n) is 4.37. The highest BCUT2D eigenvalue weighted by molar-refractivity contribution is 7.99. The second-order valence-electron chi connectivity index (χ2n) is 8.07. The summed E-state index contributed by atoms with van der Waals surface area (Å²) in [7, 11) is 0. The van der Waals surface area contributed by atoms with Gasteiger partial charge in [0.15, 0.2) is 5.78 Å². The lowest BCUT2D eigenvalue weighted by Crippen LogP contribution is -2.26. The minimum Gasteiger partial charge on any atom is -0.491 e. The van der Waals surface area contributed by atoms with E-state index in [2.05, 4.69) is 0 Å². The molecule has 0 saturated heterocycles. The van der Waals surface area contributed by atoms with Gasteiger partial charge in [-0.2, -0.15) is 0 Å². The van der Waals surface area contributed by atoms with E-state index < -0.39 is 11.5 Å². The van der Waals surface area contributed by atoms with Gasteiger partial charge in [-0.25, -0.2) is 0 Å². The quantitative estimate of drug-likeness (QED) is 0.636. The maximum Gasteiger partial charge on any atom is 0.175 e. The summed E-state index contributed by atoms with van der Waals surface area (Å²) < 4.78 is 11.2. The van der Waals surface area contributed by atoms with Crippen molar-refractivity contribution in [2.24, 2.45) is 5.41 Å². The summed E-state index contributed by atoms with van der Waals surface area (Å²) in [5, 5.41) is 18.3. The fourth-order valence-corrected chi connectivity index (χ4v) is 3.44. The van der Waals surface area contributed by atoms with Crippen molar-refractivity contribution in [3.63, 3.8) is 0 Å². The zero-order chi connectivity index (χ0) is 21.6. The number of aryl methyl sites for hydroxylation is 2. The van der Waals surface area contributed by atoms with Gasteiger partial charge in [-0.1, -0.05) is 32.5 Å². The first kappa shape index (κ1) is 23.3. The van der Waals surface area contributed by atoms with Crippen LogP contribution in [0.2, 0.25) is 0 Å². The van der Waals surface area contributed by atoms with Gasteiger partial charge < -0.3 is 19.7 Å². The second-order valence-corrected chi connectivity index (χ2v) is 9.21. The lowest BCUT2D eigenvalue weighted by Gasteiger charge is -2.17. The van der Waals surface area contributed by atoms with Gasteiger partial charge >= 0.3 is 0 Å². The van der Waals surface area contributed by atoms with Crippen LogP contribution in [-0.2, 0) is 4.79 Å². The summed E-state index contributed by atoms with van der Waals surface area (Å²) in [5.74, 6) is 1.47. The molecule has 0 aliphatic carbocycles. The van der Waals surface area contributed by atoms with Gasteiger partial charge in [0.05, 0.1) is 6.61 Å². The van der Waals surface area contributed by atoms with E-state index in [1.54, 1.807) is 11.8 Å². The van der Waals surface area contributed by atoms with Crippen LogP contribution in [-0.4, -0.2) is 41.9 Å². The summed E-state index contributed by atoms with van der Waals surface area (Å²) in [6.45, 7) is 9.38. The SMILES string of the molecule is Cc1cc(Sc2ccc(OCC(O)CO)c(C)c2)ccc1OCC(=O)C(C)(C)C. The second kappa shape index (κ2) is 10.1. The number of carbonyl (C=O) groups is 1. The number of hydrogen-bond acceptors (Lipinski definition) is 6. The van der Waals surface area contributed by atoms with Crippen LogP contribution >= 0.6 is 11.8 Å². The molecule has 158 valence electrons. The summed E-state index contributed by atoms with van der Waals surface area (Å²) in [6, 6.07) is 11.8. The predicted octanol–water partition coefficient (Wildman–Crippen LogP) is 4.18. The highest BCUT2D eigenvalue weighted by Crippen LogP contribution is 2.33. The number of hydrogen-bond donors (Lipinski definition) is 2. The molecule has 1 atom stereocenters. The van der Waals surface area contributed by atoms with Crippen LogP contribution in [0, 0.1) is 19.3 Å². The van der Waals surface area contributed by atoms with Gasteiger partial charge in [-0.15, -0.1) is 0 Å². The Hall–Kier alpha value is -2.02. The van der Waals surface area contributed by atoms with Gasteiger partial charge in [0.2, 0.25) is 0 Å². The first-order valence-electron chi connectivity index (χ1n) is 9.57. The Balaban J connectivity index is 2.01. The fourth-order valence-electron chi connectivity index (χ4n) is 2.43. The van der Waals surface area contributed by atoms with Crippen LogP contribution in [0.4, 0.5) is 0 Å². The van der Waals surface area contributed by atoms with Gasteiger partial charge in [-0.3, -0.25) is 4.79 Å². The fraction of sp³-hybridized carbons (Fsp3) is 0.435. The van der Waals surface area contributed by atoms with Gasteiger partial charge in [0.1, 0.15) is 30.8 Å². The average molecular weight is 419 g/mol. The van der Waals surface area contributed by atoms with Crippen molar-refractivity contribution in [2.75, 3.05) is 19.8 Å². The minimum absolute atomic E-state index is 0.0577.